The van der Waals surface area contributed by atoms with Crippen molar-refractivity contribution in [3.05, 3.63) is 59.7 Å². The molecule has 3 nitrogen and oxygen atoms in total. The van der Waals surface area contributed by atoms with E-state index in [0.29, 0.717) is 0 Å². The molecule has 0 amide bonds. The topological polar surface area (TPSA) is 37.8 Å². The van der Waals surface area contributed by atoms with Gasteiger partial charge < -0.3 is 5.32 Å². The molecule has 2 aromatic heterocycles. The highest BCUT2D eigenvalue weighted by Crippen LogP contribution is 2.25. The molecule has 0 saturated heterocycles. The maximum absolute atomic E-state index is 4.49. The summed E-state index contributed by atoms with van der Waals surface area (Å²) in [5.74, 6) is 0. The quantitative estimate of drug-likeness (QED) is 0.780. The van der Waals surface area contributed by atoms with Crippen molar-refractivity contribution in [3.8, 4) is 0 Å². The van der Waals surface area contributed by atoms with Crippen molar-refractivity contribution in [3.63, 3.8) is 0 Å². The Morgan fingerprint density at radius 3 is 3.00 bits per heavy atom. The smallest absolute Gasteiger partial charge is 0.0769 e. The van der Waals surface area contributed by atoms with Crippen LogP contribution in [-0.2, 0) is 6.42 Å². The fourth-order valence-corrected chi connectivity index (χ4v) is 2.19. The lowest BCUT2D eigenvalue weighted by atomic mass is 9.95. The number of nitrogens with zero attached hydrogens (tertiary/aromatic N) is 2. The minimum Gasteiger partial charge on any atom is -0.305 e. The van der Waals surface area contributed by atoms with E-state index in [1.807, 2.05) is 24.5 Å². The van der Waals surface area contributed by atoms with Gasteiger partial charge in [-0.05, 0) is 29.7 Å². The Bertz CT molecular complexity index is 482. The van der Waals surface area contributed by atoms with Gasteiger partial charge in [0.25, 0.3) is 0 Å². The molecule has 0 aromatic carbocycles. The van der Waals surface area contributed by atoms with Crippen LogP contribution in [0.25, 0.3) is 0 Å². The molecular weight excluding hydrogens is 198 g/mol. The molecule has 0 spiro atoms. The van der Waals surface area contributed by atoms with Crippen LogP contribution in [0.15, 0.2) is 42.9 Å². The fraction of sp³-hybridized carbons (Fsp3) is 0.231. The molecule has 16 heavy (non-hydrogen) atoms. The van der Waals surface area contributed by atoms with Gasteiger partial charge >= 0.3 is 0 Å². The highest BCUT2D eigenvalue weighted by Gasteiger charge is 2.21. The Labute approximate surface area is 94.6 Å². The van der Waals surface area contributed by atoms with Crippen LogP contribution in [0.4, 0.5) is 0 Å². The maximum Gasteiger partial charge on any atom is 0.0769 e. The summed E-state index contributed by atoms with van der Waals surface area (Å²) >= 11 is 0. The standard InChI is InChI=1S/C13H13N3/c1-4-11(9-14-6-1)13-12-10(5-8-16-13)3-2-7-15-12/h1-4,6-7,9,13,16H,5,8H2. The SMILES string of the molecule is c1cncc(C2NCCc3cccnc32)c1. The van der Waals surface area contributed by atoms with E-state index in [1.165, 1.54) is 11.1 Å². The Morgan fingerprint density at radius 1 is 1.19 bits per heavy atom. The van der Waals surface area contributed by atoms with Crippen LogP contribution < -0.4 is 5.32 Å². The van der Waals surface area contributed by atoms with Crippen molar-refractivity contribution < 1.29 is 0 Å². The Balaban J connectivity index is 2.05. The third-order valence-electron chi connectivity index (χ3n) is 2.96. The van der Waals surface area contributed by atoms with Crippen LogP contribution in [0.1, 0.15) is 22.9 Å². The minimum absolute atomic E-state index is 0.193. The molecule has 2 aromatic rings. The lowest BCUT2D eigenvalue weighted by Gasteiger charge is -2.25. The van der Waals surface area contributed by atoms with Gasteiger partial charge in [-0.1, -0.05) is 12.1 Å². The summed E-state index contributed by atoms with van der Waals surface area (Å²) in [5.41, 5.74) is 3.67. The predicted molar refractivity (Wildman–Crippen MR) is 62.0 cm³/mol. The second kappa shape index (κ2) is 4.02. The first-order chi connectivity index (χ1) is 7.95. The third-order valence-corrected chi connectivity index (χ3v) is 2.96. The highest BCUT2D eigenvalue weighted by atomic mass is 15.0. The normalized spacial score (nSPS) is 19.1. The first-order valence-electron chi connectivity index (χ1n) is 5.52. The van der Waals surface area contributed by atoms with E-state index < -0.39 is 0 Å². The summed E-state index contributed by atoms with van der Waals surface area (Å²) < 4.78 is 0. The lowest BCUT2D eigenvalue weighted by Crippen LogP contribution is -2.31. The summed E-state index contributed by atoms with van der Waals surface area (Å²) in [7, 11) is 0. The molecular formula is C13H13N3. The number of aromatic nitrogens is 2. The molecule has 0 radical (unpaired) electrons. The van der Waals surface area contributed by atoms with Crippen LogP contribution in [0.2, 0.25) is 0 Å². The summed E-state index contributed by atoms with van der Waals surface area (Å²) in [4.78, 5) is 8.65. The predicted octanol–water partition coefficient (Wildman–Crippen LogP) is 1.71. The first kappa shape index (κ1) is 9.48. The zero-order valence-corrected chi connectivity index (χ0v) is 8.93. The molecule has 1 atom stereocenters. The average molecular weight is 211 g/mol. The van der Waals surface area contributed by atoms with Gasteiger partial charge in [0.1, 0.15) is 0 Å². The van der Waals surface area contributed by atoms with Crippen molar-refractivity contribution >= 4 is 0 Å². The Kier molecular flexibility index (Phi) is 2.38. The van der Waals surface area contributed by atoms with E-state index in [1.54, 1.807) is 6.20 Å². The molecule has 0 fully saturated rings. The van der Waals surface area contributed by atoms with E-state index in [9.17, 15) is 0 Å². The molecule has 0 saturated carbocycles. The molecule has 3 rings (SSSR count). The van der Waals surface area contributed by atoms with Crippen LogP contribution in [-0.4, -0.2) is 16.5 Å². The van der Waals surface area contributed by atoms with Gasteiger partial charge in [0.05, 0.1) is 11.7 Å². The van der Waals surface area contributed by atoms with Gasteiger partial charge in [-0.15, -0.1) is 0 Å². The van der Waals surface area contributed by atoms with E-state index >= 15 is 0 Å². The van der Waals surface area contributed by atoms with Gasteiger partial charge in [-0.3, -0.25) is 9.97 Å². The Hall–Kier alpha value is -1.74. The molecule has 80 valence electrons. The molecule has 0 bridgehead atoms. The lowest BCUT2D eigenvalue weighted by molar-refractivity contribution is 0.551. The third kappa shape index (κ3) is 1.59. The fourth-order valence-electron chi connectivity index (χ4n) is 2.19. The summed E-state index contributed by atoms with van der Waals surface area (Å²) in [5, 5.41) is 3.49. The van der Waals surface area contributed by atoms with Crippen molar-refractivity contribution in [2.24, 2.45) is 0 Å². The van der Waals surface area contributed by atoms with E-state index in [-0.39, 0.29) is 6.04 Å². The van der Waals surface area contributed by atoms with Crippen LogP contribution in [0.5, 0.6) is 0 Å². The van der Waals surface area contributed by atoms with Gasteiger partial charge in [0.2, 0.25) is 0 Å². The van der Waals surface area contributed by atoms with Crippen LogP contribution in [0.3, 0.4) is 0 Å². The van der Waals surface area contributed by atoms with Gasteiger partial charge in [0.15, 0.2) is 0 Å². The summed E-state index contributed by atoms with van der Waals surface area (Å²) in [6.07, 6.45) is 6.61. The van der Waals surface area contributed by atoms with Gasteiger partial charge in [0, 0.05) is 25.1 Å². The van der Waals surface area contributed by atoms with E-state index in [4.69, 9.17) is 0 Å². The number of rotatable bonds is 1. The zero-order valence-electron chi connectivity index (χ0n) is 8.93. The van der Waals surface area contributed by atoms with Crippen molar-refractivity contribution in [1.82, 2.24) is 15.3 Å². The van der Waals surface area contributed by atoms with Crippen molar-refractivity contribution in [2.75, 3.05) is 6.54 Å². The van der Waals surface area contributed by atoms with Gasteiger partial charge in [-0.2, -0.15) is 0 Å². The molecule has 1 aliphatic rings. The second-order valence-corrected chi connectivity index (χ2v) is 3.97. The highest BCUT2D eigenvalue weighted by molar-refractivity contribution is 5.33. The number of pyridine rings is 2. The van der Waals surface area contributed by atoms with Gasteiger partial charge in [-0.25, -0.2) is 0 Å². The largest absolute Gasteiger partial charge is 0.305 e. The Morgan fingerprint density at radius 2 is 2.12 bits per heavy atom. The number of nitrogens with one attached hydrogen (secondary N) is 1. The molecule has 1 aliphatic heterocycles. The molecule has 1 N–H and O–H groups in total. The van der Waals surface area contributed by atoms with E-state index in [2.05, 4.69) is 27.4 Å². The molecule has 0 aliphatic carbocycles. The average Bonchev–Trinajstić information content (AvgIpc) is 2.39. The second-order valence-electron chi connectivity index (χ2n) is 3.97. The van der Waals surface area contributed by atoms with Crippen LogP contribution in [0, 0.1) is 0 Å². The van der Waals surface area contributed by atoms with Crippen molar-refractivity contribution in [1.29, 1.82) is 0 Å². The van der Waals surface area contributed by atoms with E-state index in [0.717, 1.165) is 18.7 Å². The zero-order chi connectivity index (χ0) is 10.8. The minimum atomic E-state index is 0.193. The van der Waals surface area contributed by atoms with Crippen LogP contribution >= 0.6 is 0 Å². The molecule has 3 heterocycles. The monoisotopic (exact) mass is 211 g/mol. The number of hydrogen-bond acceptors (Lipinski definition) is 3. The van der Waals surface area contributed by atoms with Crippen molar-refractivity contribution in [2.45, 2.75) is 12.5 Å². The summed E-state index contributed by atoms with van der Waals surface area (Å²) in [6.45, 7) is 0.998. The molecule has 3 heteroatoms. The molecule has 1 unspecified atom stereocenters. The number of hydrogen-bond donors (Lipinski definition) is 1. The first-order valence-corrected chi connectivity index (χ1v) is 5.52. The summed E-state index contributed by atoms with van der Waals surface area (Å²) in [6, 6.07) is 8.42. The number of fused-ring (bicyclic) bond motifs is 1. The maximum atomic E-state index is 4.49.